The minimum atomic E-state index is -0.463. The summed E-state index contributed by atoms with van der Waals surface area (Å²) >= 11 is 4.35. The fourth-order valence-corrected chi connectivity index (χ4v) is 3.35. The fourth-order valence-electron chi connectivity index (χ4n) is 1.20. The Labute approximate surface area is 123 Å². The third-order valence-electron chi connectivity index (χ3n) is 2.15. The summed E-state index contributed by atoms with van der Waals surface area (Å²) in [6.45, 7) is 9.63. The molecule has 0 radical (unpaired) electrons. The van der Waals surface area contributed by atoms with Gasteiger partial charge < -0.3 is 4.74 Å². The van der Waals surface area contributed by atoms with Crippen LogP contribution in [0.1, 0.15) is 31.9 Å². The highest BCUT2D eigenvalue weighted by atomic mass is 127. The minimum absolute atomic E-state index is 0.308. The van der Waals surface area contributed by atoms with Gasteiger partial charge in [0.2, 0.25) is 0 Å². The first-order valence-electron chi connectivity index (χ1n) is 4.91. The van der Waals surface area contributed by atoms with Gasteiger partial charge in [0.05, 0.1) is 7.40 Å². The van der Waals surface area contributed by atoms with Crippen molar-refractivity contribution in [3.05, 3.63) is 18.5 Å². The van der Waals surface area contributed by atoms with Crippen molar-refractivity contribution >= 4 is 51.3 Å². The van der Waals surface area contributed by atoms with E-state index in [1.54, 1.807) is 4.57 Å². The van der Waals surface area contributed by atoms with Gasteiger partial charge in [-0.25, -0.2) is 9.36 Å². The highest BCUT2D eigenvalue weighted by molar-refractivity contribution is 14.1. The maximum Gasteiger partial charge on any atom is 0.420 e. The number of carbonyl (C=O) groups is 1. The van der Waals surface area contributed by atoms with Gasteiger partial charge in [0.1, 0.15) is 5.60 Å². The minimum Gasteiger partial charge on any atom is -0.443 e. The zero-order valence-corrected chi connectivity index (χ0v) is 14.3. The fraction of sp³-hybridized carbons (Fsp3) is 0.545. The van der Waals surface area contributed by atoms with Crippen LogP contribution in [0.15, 0.2) is 0 Å². The van der Waals surface area contributed by atoms with Gasteiger partial charge in [-0.2, -0.15) is 0 Å². The van der Waals surface area contributed by atoms with E-state index < -0.39 is 5.60 Å². The molecule has 0 saturated carbocycles. The quantitative estimate of drug-likeness (QED) is 0.562. The summed E-state index contributed by atoms with van der Waals surface area (Å²) in [5.41, 5.74) is 1.81. The van der Waals surface area contributed by atoms with Gasteiger partial charge >= 0.3 is 6.09 Å². The van der Waals surface area contributed by atoms with E-state index in [2.05, 4.69) is 45.2 Å². The predicted molar refractivity (Wildman–Crippen MR) is 81.0 cm³/mol. The van der Waals surface area contributed by atoms with E-state index >= 15 is 0 Å². The number of ether oxygens (including phenoxy) is 1. The van der Waals surface area contributed by atoms with Gasteiger partial charge in [0.15, 0.2) is 0 Å². The Kier molecular flexibility index (Phi) is 4.31. The van der Waals surface area contributed by atoms with E-state index in [-0.39, 0.29) is 6.09 Å². The molecular formula is C11H15I2NO2. The van der Waals surface area contributed by atoms with Crippen LogP contribution in [0, 0.1) is 21.2 Å². The third-order valence-corrected chi connectivity index (χ3v) is 4.73. The number of carbonyl (C=O) groups excluding carboxylic acids is 1. The molecule has 0 aliphatic rings. The molecule has 0 aliphatic carbocycles. The molecular weight excluding hydrogens is 432 g/mol. The molecule has 0 spiro atoms. The summed E-state index contributed by atoms with van der Waals surface area (Å²) in [5.74, 6) is 0. The average Bonchev–Trinajstić information content (AvgIpc) is 2.28. The van der Waals surface area contributed by atoms with Gasteiger partial charge in [-0.1, -0.05) is 0 Å². The van der Waals surface area contributed by atoms with Crippen LogP contribution in [0.2, 0.25) is 0 Å². The molecule has 1 rings (SSSR count). The monoisotopic (exact) mass is 447 g/mol. The van der Waals surface area contributed by atoms with Crippen LogP contribution in [0.3, 0.4) is 0 Å². The van der Waals surface area contributed by atoms with Gasteiger partial charge in [-0.05, 0) is 90.9 Å². The van der Waals surface area contributed by atoms with Crippen molar-refractivity contribution in [3.63, 3.8) is 0 Å². The van der Waals surface area contributed by atoms with Crippen molar-refractivity contribution in [1.82, 2.24) is 4.57 Å². The highest BCUT2D eigenvalue weighted by Crippen LogP contribution is 2.25. The van der Waals surface area contributed by atoms with Crippen LogP contribution >= 0.6 is 45.2 Å². The van der Waals surface area contributed by atoms with Crippen molar-refractivity contribution in [3.8, 4) is 0 Å². The lowest BCUT2D eigenvalue weighted by Gasteiger charge is -2.20. The summed E-state index contributed by atoms with van der Waals surface area (Å²) in [6.07, 6.45) is -0.308. The molecule has 3 nitrogen and oxygen atoms in total. The summed E-state index contributed by atoms with van der Waals surface area (Å²) in [7, 11) is 0. The molecule has 0 amide bonds. The molecule has 16 heavy (non-hydrogen) atoms. The summed E-state index contributed by atoms with van der Waals surface area (Å²) < 4.78 is 8.84. The van der Waals surface area contributed by atoms with Crippen molar-refractivity contribution in [2.45, 2.75) is 40.2 Å². The molecule has 0 N–H and O–H groups in total. The van der Waals surface area contributed by atoms with E-state index in [9.17, 15) is 4.79 Å². The molecule has 1 aromatic rings. The summed E-state index contributed by atoms with van der Waals surface area (Å²) in [6, 6.07) is 0. The predicted octanol–water partition coefficient (Wildman–Crippen LogP) is 4.10. The van der Waals surface area contributed by atoms with Crippen molar-refractivity contribution in [1.29, 1.82) is 0 Å². The molecule has 0 saturated heterocycles. The van der Waals surface area contributed by atoms with Crippen molar-refractivity contribution in [2.75, 3.05) is 0 Å². The summed E-state index contributed by atoms with van der Waals surface area (Å²) in [4.78, 5) is 12.0. The third kappa shape index (κ3) is 2.91. The molecule has 1 aromatic heterocycles. The first-order valence-corrected chi connectivity index (χ1v) is 7.07. The Bertz CT molecular complexity index is 405. The topological polar surface area (TPSA) is 31.2 Å². The lowest BCUT2D eigenvalue weighted by molar-refractivity contribution is 0.0528. The second-order valence-corrected chi connectivity index (χ2v) is 6.69. The number of rotatable bonds is 0. The van der Waals surface area contributed by atoms with E-state index in [4.69, 9.17) is 4.74 Å². The Balaban J connectivity index is 3.15. The number of nitrogens with zero attached hydrogens (tertiary/aromatic N) is 1. The van der Waals surface area contributed by atoms with Gasteiger partial charge in [0, 0.05) is 0 Å². The number of aromatic nitrogens is 1. The Morgan fingerprint density at radius 3 is 1.81 bits per heavy atom. The normalized spacial score (nSPS) is 11.7. The van der Waals surface area contributed by atoms with Crippen LogP contribution < -0.4 is 0 Å². The molecule has 90 valence electrons. The zero-order chi connectivity index (χ0) is 12.7. The average molecular weight is 447 g/mol. The van der Waals surface area contributed by atoms with Gasteiger partial charge in [-0.15, -0.1) is 0 Å². The lowest BCUT2D eigenvalue weighted by atomic mass is 10.2. The van der Waals surface area contributed by atoms with Crippen LogP contribution in [-0.2, 0) is 4.74 Å². The van der Waals surface area contributed by atoms with Crippen LogP contribution in [0.25, 0.3) is 0 Å². The zero-order valence-electron chi connectivity index (χ0n) is 10.0. The first-order chi connectivity index (χ1) is 7.15. The lowest BCUT2D eigenvalue weighted by Crippen LogP contribution is -2.28. The molecule has 1 heterocycles. The number of halogens is 2. The van der Waals surface area contributed by atoms with Crippen LogP contribution in [0.5, 0.6) is 0 Å². The Hall–Kier alpha value is 0.210. The molecule has 0 atom stereocenters. The summed E-state index contributed by atoms with van der Waals surface area (Å²) in [5, 5.41) is 0. The van der Waals surface area contributed by atoms with Gasteiger partial charge in [0.25, 0.3) is 0 Å². The molecule has 0 aromatic carbocycles. The largest absolute Gasteiger partial charge is 0.443 e. The van der Waals surface area contributed by atoms with E-state index in [1.165, 1.54) is 0 Å². The SMILES string of the molecule is Cc1c(C)c(I)n(C(=O)OC(C)(C)C)c1I. The maximum absolute atomic E-state index is 12.0. The highest BCUT2D eigenvalue weighted by Gasteiger charge is 2.23. The molecule has 0 fully saturated rings. The molecule has 5 heteroatoms. The van der Waals surface area contributed by atoms with Gasteiger partial charge in [-0.3, -0.25) is 0 Å². The smallest absolute Gasteiger partial charge is 0.420 e. The standard InChI is InChI=1S/C11H15I2NO2/c1-6-7(2)9(13)14(8(6)12)10(15)16-11(3,4)5/h1-5H3. The van der Waals surface area contributed by atoms with E-state index in [0.717, 1.165) is 18.5 Å². The Morgan fingerprint density at radius 2 is 1.50 bits per heavy atom. The van der Waals surface area contributed by atoms with Crippen LogP contribution in [-0.4, -0.2) is 16.3 Å². The van der Waals surface area contributed by atoms with Crippen molar-refractivity contribution in [2.24, 2.45) is 0 Å². The van der Waals surface area contributed by atoms with E-state index in [1.807, 2.05) is 34.6 Å². The second kappa shape index (κ2) is 4.83. The first kappa shape index (κ1) is 14.3. The maximum atomic E-state index is 12.0. The van der Waals surface area contributed by atoms with Crippen LogP contribution in [0.4, 0.5) is 4.79 Å². The molecule has 0 bridgehead atoms. The van der Waals surface area contributed by atoms with E-state index in [0.29, 0.717) is 0 Å². The molecule has 0 aliphatic heterocycles. The second-order valence-electron chi connectivity index (χ2n) is 4.65. The Morgan fingerprint density at radius 1 is 1.12 bits per heavy atom. The number of hydrogen-bond acceptors (Lipinski definition) is 2. The van der Waals surface area contributed by atoms with Crippen molar-refractivity contribution < 1.29 is 9.53 Å². The number of hydrogen-bond donors (Lipinski definition) is 0. The molecule has 0 unspecified atom stereocenters.